The maximum absolute atomic E-state index is 12.8. The minimum absolute atomic E-state index is 0.0512. The summed E-state index contributed by atoms with van der Waals surface area (Å²) in [5.41, 5.74) is 0.990. The van der Waals surface area contributed by atoms with E-state index in [1.54, 1.807) is 30.3 Å². The highest BCUT2D eigenvalue weighted by Gasteiger charge is 2.27. The molecule has 1 heterocycles. The van der Waals surface area contributed by atoms with Gasteiger partial charge in [0.25, 0.3) is 5.91 Å². The molecule has 0 unspecified atom stereocenters. The summed E-state index contributed by atoms with van der Waals surface area (Å²) in [5.74, 6) is -2.74. The van der Waals surface area contributed by atoms with Crippen molar-refractivity contribution in [3.05, 3.63) is 54.1 Å². The molecule has 0 saturated heterocycles. The van der Waals surface area contributed by atoms with Crippen LogP contribution >= 0.6 is 0 Å². The first-order valence-electron chi connectivity index (χ1n) is 9.89. The van der Waals surface area contributed by atoms with Crippen LogP contribution in [0, 0.1) is 5.92 Å². The zero-order valence-electron chi connectivity index (χ0n) is 17.4. The quantitative estimate of drug-likeness (QED) is 0.350. The number of benzene rings is 1. The van der Waals surface area contributed by atoms with Gasteiger partial charge in [-0.3, -0.25) is 14.4 Å². The van der Waals surface area contributed by atoms with E-state index in [-0.39, 0.29) is 25.3 Å². The number of carbonyl (C=O) groups excluding carboxylic acids is 3. The number of carboxylic acid groups (broad SMARTS) is 1. The number of H-pyrrole nitrogens is 1. The molecule has 0 bridgehead atoms. The van der Waals surface area contributed by atoms with Crippen LogP contribution in [0.5, 0.6) is 0 Å². The Morgan fingerprint density at radius 1 is 1.06 bits per heavy atom. The summed E-state index contributed by atoms with van der Waals surface area (Å²) in [6.45, 7) is 3.36. The van der Waals surface area contributed by atoms with Crippen molar-refractivity contribution in [3.8, 4) is 0 Å². The lowest BCUT2D eigenvalue weighted by molar-refractivity contribution is -0.142. The van der Waals surface area contributed by atoms with Crippen LogP contribution in [-0.4, -0.2) is 57.4 Å². The van der Waals surface area contributed by atoms with Gasteiger partial charge in [-0.05, 0) is 24.5 Å². The number of nitrogens with zero attached hydrogens (tertiary/aromatic N) is 1. The van der Waals surface area contributed by atoms with Gasteiger partial charge in [0.15, 0.2) is 0 Å². The number of aromatic nitrogens is 2. The number of nitrogens with one attached hydrogen (secondary N) is 4. The summed E-state index contributed by atoms with van der Waals surface area (Å²) in [6, 6.07) is 6.28. The third-order valence-corrected chi connectivity index (χ3v) is 4.40. The van der Waals surface area contributed by atoms with E-state index in [9.17, 15) is 24.3 Å². The van der Waals surface area contributed by atoms with E-state index < -0.39 is 35.8 Å². The Balaban J connectivity index is 2.01. The van der Waals surface area contributed by atoms with E-state index in [0.29, 0.717) is 11.3 Å². The highest BCUT2D eigenvalue weighted by Crippen LogP contribution is 2.07. The molecule has 31 heavy (non-hydrogen) atoms. The van der Waals surface area contributed by atoms with E-state index in [0.717, 1.165) is 0 Å². The maximum atomic E-state index is 12.8. The van der Waals surface area contributed by atoms with Gasteiger partial charge < -0.3 is 26.0 Å². The van der Waals surface area contributed by atoms with Crippen LogP contribution in [0.1, 0.15) is 36.3 Å². The van der Waals surface area contributed by atoms with E-state index in [1.165, 1.54) is 12.5 Å². The van der Waals surface area contributed by atoms with E-state index in [4.69, 9.17) is 0 Å². The Kier molecular flexibility index (Phi) is 8.74. The average molecular weight is 429 g/mol. The lowest BCUT2D eigenvalue weighted by Crippen LogP contribution is -2.54. The van der Waals surface area contributed by atoms with Crippen molar-refractivity contribution in [1.82, 2.24) is 25.9 Å². The van der Waals surface area contributed by atoms with Gasteiger partial charge in [-0.1, -0.05) is 32.0 Å². The summed E-state index contributed by atoms with van der Waals surface area (Å²) in [5, 5.41) is 16.9. The molecule has 5 N–H and O–H groups in total. The number of rotatable bonds is 11. The van der Waals surface area contributed by atoms with Crippen molar-refractivity contribution in [3.63, 3.8) is 0 Å². The summed E-state index contributed by atoms with van der Waals surface area (Å²) in [6.07, 6.45) is 3.27. The van der Waals surface area contributed by atoms with Gasteiger partial charge in [0, 0.05) is 23.9 Å². The molecule has 3 amide bonds. The smallest absolute Gasteiger partial charge is 0.326 e. The molecule has 0 fully saturated rings. The van der Waals surface area contributed by atoms with Crippen LogP contribution in [0.25, 0.3) is 0 Å². The second kappa shape index (κ2) is 11.5. The van der Waals surface area contributed by atoms with Gasteiger partial charge in [-0.2, -0.15) is 0 Å². The average Bonchev–Trinajstić information content (AvgIpc) is 3.24. The van der Waals surface area contributed by atoms with Crippen LogP contribution in [0.3, 0.4) is 0 Å². The Bertz CT molecular complexity index is 883. The van der Waals surface area contributed by atoms with Crippen LogP contribution in [0.4, 0.5) is 0 Å². The zero-order chi connectivity index (χ0) is 22.8. The Labute approximate surface area is 179 Å². The fraction of sp³-hybridized carbons (Fsp3) is 0.381. The van der Waals surface area contributed by atoms with Crippen molar-refractivity contribution in [2.45, 2.75) is 38.8 Å². The lowest BCUT2D eigenvalue weighted by Gasteiger charge is -2.22. The molecule has 1 aromatic carbocycles. The third-order valence-electron chi connectivity index (χ3n) is 4.40. The number of hydrogen-bond donors (Lipinski definition) is 5. The normalized spacial score (nSPS) is 12.6. The molecule has 10 nitrogen and oxygen atoms in total. The molecule has 0 saturated carbocycles. The van der Waals surface area contributed by atoms with Crippen molar-refractivity contribution in [1.29, 1.82) is 0 Å². The minimum atomic E-state index is -1.15. The molecule has 2 rings (SSSR count). The first-order chi connectivity index (χ1) is 14.8. The largest absolute Gasteiger partial charge is 0.480 e. The molecular formula is C21H27N5O5. The number of aromatic amines is 1. The minimum Gasteiger partial charge on any atom is -0.480 e. The van der Waals surface area contributed by atoms with Gasteiger partial charge in [-0.25, -0.2) is 9.78 Å². The SMILES string of the molecule is CC(C)C[C@@H](NC(=O)[C@H](Cc1cnc[nH]1)NC(=O)CNC(=O)c1ccccc1)C(=O)O. The van der Waals surface area contributed by atoms with Crippen molar-refractivity contribution in [2.24, 2.45) is 5.92 Å². The molecule has 2 aromatic rings. The van der Waals surface area contributed by atoms with Gasteiger partial charge in [0.05, 0.1) is 12.9 Å². The number of aliphatic carboxylic acids is 1. The van der Waals surface area contributed by atoms with E-state index in [1.807, 2.05) is 13.8 Å². The molecule has 10 heteroatoms. The van der Waals surface area contributed by atoms with Crippen LogP contribution in [-0.2, 0) is 20.8 Å². The van der Waals surface area contributed by atoms with Gasteiger partial charge in [0.1, 0.15) is 12.1 Å². The fourth-order valence-electron chi connectivity index (χ4n) is 2.89. The van der Waals surface area contributed by atoms with Crippen molar-refractivity contribution >= 4 is 23.7 Å². The number of carboxylic acids is 1. The highest BCUT2D eigenvalue weighted by atomic mass is 16.4. The summed E-state index contributed by atoms with van der Waals surface area (Å²) in [4.78, 5) is 55.4. The second-order valence-corrected chi connectivity index (χ2v) is 7.48. The fourth-order valence-corrected chi connectivity index (χ4v) is 2.89. The van der Waals surface area contributed by atoms with Crippen molar-refractivity contribution < 1.29 is 24.3 Å². The zero-order valence-corrected chi connectivity index (χ0v) is 17.4. The molecule has 0 aliphatic rings. The van der Waals surface area contributed by atoms with Gasteiger partial charge >= 0.3 is 5.97 Å². The molecule has 0 radical (unpaired) electrons. The topological polar surface area (TPSA) is 153 Å². The first kappa shape index (κ1) is 23.6. The molecule has 0 aliphatic heterocycles. The first-order valence-corrected chi connectivity index (χ1v) is 9.89. The van der Waals surface area contributed by atoms with E-state index in [2.05, 4.69) is 25.9 Å². The molecule has 1 aromatic heterocycles. The van der Waals surface area contributed by atoms with Gasteiger partial charge in [0.2, 0.25) is 11.8 Å². The van der Waals surface area contributed by atoms with Crippen LogP contribution < -0.4 is 16.0 Å². The summed E-state index contributed by atoms with van der Waals surface area (Å²) in [7, 11) is 0. The number of carbonyl (C=O) groups is 4. The molecular weight excluding hydrogens is 402 g/mol. The monoisotopic (exact) mass is 429 g/mol. The number of imidazole rings is 1. The molecule has 0 aliphatic carbocycles. The lowest BCUT2D eigenvalue weighted by atomic mass is 10.0. The van der Waals surface area contributed by atoms with Crippen LogP contribution in [0.2, 0.25) is 0 Å². The Morgan fingerprint density at radius 3 is 2.35 bits per heavy atom. The third kappa shape index (κ3) is 7.92. The van der Waals surface area contributed by atoms with Crippen LogP contribution in [0.15, 0.2) is 42.9 Å². The standard InChI is InChI=1S/C21H27N5O5/c1-13(2)8-17(21(30)31)26-20(29)16(9-15-10-22-12-24-15)25-18(27)11-23-19(28)14-6-4-3-5-7-14/h3-7,10,12-13,16-17H,8-9,11H2,1-2H3,(H,22,24)(H,23,28)(H,25,27)(H,26,29)(H,30,31)/t16-,17+/m0/s1. The molecule has 166 valence electrons. The predicted octanol–water partition coefficient (Wildman–Crippen LogP) is 0.483. The molecule has 0 spiro atoms. The maximum Gasteiger partial charge on any atom is 0.326 e. The predicted molar refractivity (Wildman–Crippen MR) is 112 cm³/mol. The Morgan fingerprint density at radius 2 is 1.77 bits per heavy atom. The molecule has 2 atom stereocenters. The van der Waals surface area contributed by atoms with Gasteiger partial charge in [-0.15, -0.1) is 0 Å². The van der Waals surface area contributed by atoms with Crippen molar-refractivity contribution in [2.75, 3.05) is 6.54 Å². The Hall–Kier alpha value is -3.69. The second-order valence-electron chi connectivity index (χ2n) is 7.48. The number of amides is 3. The van der Waals surface area contributed by atoms with E-state index >= 15 is 0 Å². The summed E-state index contributed by atoms with van der Waals surface area (Å²) < 4.78 is 0. The summed E-state index contributed by atoms with van der Waals surface area (Å²) >= 11 is 0. The highest BCUT2D eigenvalue weighted by molar-refractivity contribution is 5.97. The number of hydrogen-bond acceptors (Lipinski definition) is 5.